The van der Waals surface area contributed by atoms with Gasteiger partial charge in [-0.3, -0.25) is 0 Å². The number of benzene rings is 2. The van der Waals surface area contributed by atoms with E-state index in [1.54, 1.807) is 0 Å². The zero-order valence-electron chi connectivity index (χ0n) is 13.0. The van der Waals surface area contributed by atoms with E-state index in [1.165, 1.54) is 46.3 Å². The van der Waals surface area contributed by atoms with Crippen LogP contribution in [0.15, 0.2) is 48.5 Å². The Labute approximate surface area is 136 Å². The Hall–Kier alpha value is -0.900. The van der Waals surface area contributed by atoms with E-state index >= 15 is 0 Å². The molecule has 2 rings (SSSR count). The molecule has 0 amide bonds. The van der Waals surface area contributed by atoms with Crippen LogP contribution in [0.3, 0.4) is 0 Å². The van der Waals surface area contributed by atoms with Gasteiger partial charge in [-0.25, -0.2) is 3.63 Å². The van der Waals surface area contributed by atoms with E-state index in [2.05, 4.69) is 76.2 Å². The van der Waals surface area contributed by atoms with Gasteiger partial charge in [0.2, 0.25) is 0 Å². The first kappa shape index (κ1) is 16.5. The molecular weight excluding hydrogens is 296 g/mol. The maximum Gasteiger partial charge on any atom is 0.0544 e. The second-order valence-electron chi connectivity index (χ2n) is 5.37. The second-order valence-corrected chi connectivity index (χ2v) is 7.71. The maximum absolute atomic E-state index is 5.76. The molecule has 2 aromatic rings. The van der Waals surface area contributed by atoms with E-state index in [1.807, 2.05) is 0 Å². The highest BCUT2D eigenvalue weighted by Crippen LogP contribution is 2.38. The summed E-state index contributed by atoms with van der Waals surface area (Å²) in [6.45, 7) is 8.56. The summed E-state index contributed by atoms with van der Waals surface area (Å²) >= 11 is 3.05. The van der Waals surface area contributed by atoms with Gasteiger partial charge in [-0.05, 0) is 38.8 Å². The van der Waals surface area contributed by atoms with Gasteiger partial charge < -0.3 is 0 Å². The van der Waals surface area contributed by atoms with Gasteiger partial charge in [-0.1, -0.05) is 59.7 Å². The number of rotatable bonds is 6. The predicted octanol–water partition coefficient (Wildman–Crippen LogP) is 6.44. The highest BCUT2D eigenvalue weighted by Gasteiger charge is 2.11. The lowest BCUT2D eigenvalue weighted by Crippen LogP contribution is -1.91. The molecule has 0 aliphatic rings. The SMILES string of the molecule is Cc1ccc(C(C)SOSC(C)c2ccc(C)cc2)cc1. The predicted molar refractivity (Wildman–Crippen MR) is 95.5 cm³/mol. The van der Waals surface area contributed by atoms with E-state index in [-0.39, 0.29) is 0 Å². The quantitative estimate of drug-likeness (QED) is 0.567. The molecule has 0 fully saturated rings. The van der Waals surface area contributed by atoms with Gasteiger partial charge in [0.1, 0.15) is 0 Å². The van der Waals surface area contributed by atoms with Crippen molar-refractivity contribution in [3.8, 4) is 0 Å². The molecule has 21 heavy (non-hydrogen) atoms. The van der Waals surface area contributed by atoms with E-state index in [0.29, 0.717) is 10.5 Å². The minimum Gasteiger partial charge on any atom is -0.246 e. The Morgan fingerprint density at radius 2 is 1.00 bits per heavy atom. The van der Waals surface area contributed by atoms with Crippen molar-refractivity contribution in [2.75, 3.05) is 0 Å². The molecule has 0 aromatic heterocycles. The highest BCUT2D eigenvalue weighted by atomic mass is 32.2. The Kier molecular flexibility index (Phi) is 6.22. The Morgan fingerprint density at radius 1 is 0.667 bits per heavy atom. The molecule has 112 valence electrons. The van der Waals surface area contributed by atoms with E-state index in [4.69, 9.17) is 3.63 Å². The van der Waals surface area contributed by atoms with Crippen LogP contribution < -0.4 is 0 Å². The van der Waals surface area contributed by atoms with Crippen LogP contribution in [0.1, 0.15) is 46.6 Å². The smallest absolute Gasteiger partial charge is 0.0544 e. The molecule has 2 atom stereocenters. The molecule has 0 saturated heterocycles. The van der Waals surface area contributed by atoms with Crippen LogP contribution in [0.4, 0.5) is 0 Å². The van der Waals surface area contributed by atoms with Gasteiger partial charge in [-0.2, -0.15) is 0 Å². The number of hydrogen-bond donors (Lipinski definition) is 0. The van der Waals surface area contributed by atoms with E-state index in [9.17, 15) is 0 Å². The average molecular weight is 319 g/mol. The van der Waals surface area contributed by atoms with Gasteiger partial charge in [0.15, 0.2) is 0 Å². The fourth-order valence-corrected chi connectivity index (χ4v) is 3.59. The fraction of sp³-hybridized carbons (Fsp3) is 0.333. The van der Waals surface area contributed by atoms with Crippen LogP contribution in [-0.2, 0) is 3.63 Å². The van der Waals surface area contributed by atoms with Crippen molar-refractivity contribution in [1.82, 2.24) is 0 Å². The van der Waals surface area contributed by atoms with Crippen LogP contribution in [0.2, 0.25) is 0 Å². The first-order valence-electron chi connectivity index (χ1n) is 7.18. The molecule has 2 aromatic carbocycles. The molecule has 0 aliphatic carbocycles. The lowest BCUT2D eigenvalue weighted by Gasteiger charge is -2.14. The van der Waals surface area contributed by atoms with Crippen molar-refractivity contribution >= 4 is 24.1 Å². The monoisotopic (exact) mass is 318 g/mol. The summed E-state index contributed by atoms with van der Waals surface area (Å²) in [7, 11) is 0. The summed E-state index contributed by atoms with van der Waals surface area (Å²) in [6, 6.07) is 17.3. The minimum absolute atomic E-state index is 0.336. The summed E-state index contributed by atoms with van der Waals surface area (Å²) < 4.78 is 5.76. The van der Waals surface area contributed by atoms with Gasteiger partial charge >= 0.3 is 0 Å². The van der Waals surface area contributed by atoms with Crippen molar-refractivity contribution < 1.29 is 3.63 Å². The lowest BCUT2D eigenvalue weighted by molar-refractivity contribution is 0.732. The molecular formula is C18H22OS2. The summed E-state index contributed by atoms with van der Waals surface area (Å²) in [5.41, 5.74) is 5.18. The molecule has 0 N–H and O–H groups in total. The summed E-state index contributed by atoms with van der Waals surface area (Å²) in [6.07, 6.45) is 0. The van der Waals surface area contributed by atoms with Crippen LogP contribution in [-0.4, -0.2) is 0 Å². The third kappa shape index (κ3) is 5.10. The lowest BCUT2D eigenvalue weighted by atomic mass is 10.1. The Morgan fingerprint density at radius 3 is 1.33 bits per heavy atom. The maximum atomic E-state index is 5.76. The molecule has 0 spiro atoms. The average Bonchev–Trinajstić information content (AvgIpc) is 2.48. The molecule has 0 saturated carbocycles. The van der Waals surface area contributed by atoms with Gasteiger partial charge in [0.25, 0.3) is 0 Å². The second kappa shape index (κ2) is 7.92. The third-order valence-corrected chi connectivity index (χ3v) is 5.21. The molecule has 0 bridgehead atoms. The van der Waals surface area contributed by atoms with E-state index in [0.717, 1.165) is 0 Å². The topological polar surface area (TPSA) is 9.23 Å². The van der Waals surface area contributed by atoms with Gasteiger partial charge in [0, 0.05) is 24.1 Å². The molecule has 0 aliphatic heterocycles. The number of hydrogen-bond acceptors (Lipinski definition) is 3. The fourth-order valence-electron chi connectivity index (χ4n) is 1.93. The first-order valence-corrected chi connectivity index (χ1v) is 8.79. The van der Waals surface area contributed by atoms with Crippen LogP contribution >= 0.6 is 24.1 Å². The Bertz CT molecular complexity index is 497. The third-order valence-electron chi connectivity index (χ3n) is 3.46. The molecule has 1 nitrogen and oxygen atoms in total. The molecule has 0 heterocycles. The van der Waals surface area contributed by atoms with Crippen molar-refractivity contribution in [1.29, 1.82) is 0 Å². The Balaban J connectivity index is 1.80. The summed E-state index contributed by atoms with van der Waals surface area (Å²) in [4.78, 5) is 0. The first-order chi connectivity index (χ1) is 10.1. The highest BCUT2D eigenvalue weighted by molar-refractivity contribution is 8.08. The zero-order chi connectivity index (χ0) is 15.2. The van der Waals surface area contributed by atoms with Crippen LogP contribution in [0.5, 0.6) is 0 Å². The van der Waals surface area contributed by atoms with Crippen LogP contribution in [0, 0.1) is 13.8 Å². The van der Waals surface area contributed by atoms with Crippen molar-refractivity contribution in [3.63, 3.8) is 0 Å². The van der Waals surface area contributed by atoms with Crippen molar-refractivity contribution in [2.24, 2.45) is 0 Å². The minimum atomic E-state index is 0.336. The molecule has 0 radical (unpaired) electrons. The largest absolute Gasteiger partial charge is 0.246 e. The van der Waals surface area contributed by atoms with E-state index < -0.39 is 0 Å². The summed E-state index contributed by atoms with van der Waals surface area (Å²) in [5, 5.41) is 0.673. The normalized spacial score (nSPS) is 13.9. The summed E-state index contributed by atoms with van der Waals surface area (Å²) in [5.74, 6) is 0. The van der Waals surface area contributed by atoms with Crippen LogP contribution in [0.25, 0.3) is 0 Å². The van der Waals surface area contributed by atoms with Gasteiger partial charge in [-0.15, -0.1) is 0 Å². The zero-order valence-corrected chi connectivity index (χ0v) is 14.6. The van der Waals surface area contributed by atoms with Crippen molar-refractivity contribution in [3.05, 3.63) is 70.8 Å². The standard InChI is InChI=1S/C18H22OS2/c1-13-5-9-17(10-6-13)15(3)20-19-21-16(4)18-11-7-14(2)8-12-18/h5-12,15-16H,1-4H3. The molecule has 2 unspecified atom stereocenters. The molecule has 3 heteroatoms. The van der Waals surface area contributed by atoms with Crippen molar-refractivity contribution in [2.45, 2.75) is 38.2 Å². The number of aryl methyl sites for hydroxylation is 2. The van der Waals surface area contributed by atoms with Gasteiger partial charge in [0.05, 0.1) is 10.5 Å².